The third-order valence-electron chi connectivity index (χ3n) is 3.35. The van der Waals surface area contributed by atoms with Crippen LogP contribution in [-0.2, 0) is 18.5 Å². The molecule has 0 saturated heterocycles. The molecule has 0 bridgehead atoms. The van der Waals surface area contributed by atoms with Gasteiger partial charge in [-0.3, -0.25) is 4.99 Å². The van der Waals surface area contributed by atoms with Crippen LogP contribution < -0.4 is 10.6 Å². The van der Waals surface area contributed by atoms with Crippen LogP contribution in [0.25, 0.3) is 0 Å². The highest BCUT2D eigenvalue weighted by Crippen LogP contribution is 2.19. The molecule has 132 valence electrons. The van der Waals surface area contributed by atoms with E-state index in [2.05, 4.69) is 44.8 Å². The van der Waals surface area contributed by atoms with Gasteiger partial charge in [0.25, 0.3) is 0 Å². The van der Waals surface area contributed by atoms with E-state index in [-0.39, 0.29) is 5.41 Å². The molecule has 0 fully saturated rings. The van der Waals surface area contributed by atoms with Gasteiger partial charge in [-0.15, -0.1) is 0 Å². The highest BCUT2D eigenvalue weighted by atomic mass is 16.5. The molecule has 0 aromatic carbocycles. The molecule has 0 aliphatic heterocycles. The number of nitrogens with zero attached hydrogens (tertiary/aromatic N) is 4. The van der Waals surface area contributed by atoms with Gasteiger partial charge in [0.15, 0.2) is 17.5 Å². The summed E-state index contributed by atoms with van der Waals surface area (Å²) >= 11 is 0. The topological polar surface area (TPSA) is 101 Å². The molecule has 24 heavy (non-hydrogen) atoms. The van der Waals surface area contributed by atoms with Crippen molar-refractivity contribution in [3.63, 3.8) is 0 Å². The highest BCUT2D eigenvalue weighted by molar-refractivity contribution is 5.79. The predicted octanol–water partition coefficient (Wildman–Crippen LogP) is 2.34. The lowest BCUT2D eigenvalue weighted by molar-refractivity contribution is 0.318. The number of hydrogen-bond donors (Lipinski definition) is 2. The second kappa shape index (κ2) is 7.46. The van der Waals surface area contributed by atoms with Gasteiger partial charge < -0.3 is 19.7 Å². The molecule has 0 unspecified atom stereocenters. The highest BCUT2D eigenvalue weighted by Gasteiger charge is 2.21. The van der Waals surface area contributed by atoms with Crippen LogP contribution in [0.4, 0.5) is 0 Å². The summed E-state index contributed by atoms with van der Waals surface area (Å²) in [6, 6.07) is 1.94. The Morgan fingerprint density at radius 2 is 1.88 bits per heavy atom. The van der Waals surface area contributed by atoms with Crippen molar-refractivity contribution in [3.8, 4) is 0 Å². The number of aromatic nitrogens is 3. The normalized spacial score (nSPS) is 12.7. The molecule has 0 spiro atoms. The first-order valence-corrected chi connectivity index (χ1v) is 8.02. The van der Waals surface area contributed by atoms with Crippen molar-refractivity contribution in [2.24, 2.45) is 4.99 Å². The summed E-state index contributed by atoms with van der Waals surface area (Å²) < 4.78 is 10.6. The molecule has 0 radical (unpaired) electrons. The van der Waals surface area contributed by atoms with Crippen LogP contribution in [0.5, 0.6) is 0 Å². The summed E-state index contributed by atoms with van der Waals surface area (Å²) in [6.45, 7) is 11.2. The fourth-order valence-electron chi connectivity index (χ4n) is 1.87. The Bertz CT molecular complexity index is 681. The number of hydrogen-bond acceptors (Lipinski definition) is 6. The zero-order valence-corrected chi connectivity index (χ0v) is 15.2. The Kier molecular flexibility index (Phi) is 5.58. The number of aliphatic imine (C=N–C) groups is 1. The summed E-state index contributed by atoms with van der Waals surface area (Å²) in [4.78, 5) is 8.54. The van der Waals surface area contributed by atoms with Gasteiger partial charge in [0.2, 0.25) is 5.89 Å². The van der Waals surface area contributed by atoms with Crippen molar-refractivity contribution >= 4 is 5.96 Å². The minimum Gasteiger partial charge on any atom is -0.359 e. The average Bonchev–Trinajstić information content (AvgIpc) is 3.16. The van der Waals surface area contributed by atoms with Crippen molar-refractivity contribution in [2.75, 3.05) is 7.05 Å². The van der Waals surface area contributed by atoms with Crippen LogP contribution >= 0.6 is 0 Å². The molecular formula is C16H26N6O2. The Morgan fingerprint density at radius 1 is 1.17 bits per heavy atom. The van der Waals surface area contributed by atoms with Crippen LogP contribution in [0.1, 0.15) is 63.7 Å². The van der Waals surface area contributed by atoms with Gasteiger partial charge in [-0.05, 0) is 5.92 Å². The zero-order chi connectivity index (χ0) is 17.7. The first kappa shape index (κ1) is 18.0. The summed E-state index contributed by atoms with van der Waals surface area (Å²) in [7, 11) is 1.70. The first-order valence-electron chi connectivity index (χ1n) is 8.02. The van der Waals surface area contributed by atoms with Crippen molar-refractivity contribution < 1.29 is 9.05 Å². The Hall–Kier alpha value is -2.38. The summed E-state index contributed by atoms with van der Waals surface area (Å²) in [5.41, 5.74) is 0.780. The summed E-state index contributed by atoms with van der Waals surface area (Å²) in [5, 5.41) is 14.3. The van der Waals surface area contributed by atoms with Crippen LogP contribution in [0.2, 0.25) is 0 Å². The third-order valence-corrected chi connectivity index (χ3v) is 3.35. The SMILES string of the molecule is CN=C(NCc1noc(C(C)(C)C)n1)NCc1cc(C(C)C)no1. The van der Waals surface area contributed by atoms with E-state index in [4.69, 9.17) is 9.05 Å². The molecule has 2 rings (SSSR count). The van der Waals surface area contributed by atoms with Crippen LogP contribution in [0.15, 0.2) is 20.1 Å². The Balaban J connectivity index is 1.85. The standard InChI is InChI=1S/C16H26N6O2/c1-10(2)12-7-11(23-21-12)8-18-15(17-6)19-9-13-20-14(24-22-13)16(3,4)5/h7,10H,8-9H2,1-6H3,(H2,17,18,19). The molecule has 0 amide bonds. The molecular weight excluding hydrogens is 308 g/mol. The largest absolute Gasteiger partial charge is 0.359 e. The third kappa shape index (κ3) is 4.81. The van der Waals surface area contributed by atoms with Crippen LogP contribution in [0.3, 0.4) is 0 Å². The molecule has 8 heteroatoms. The van der Waals surface area contributed by atoms with Gasteiger partial charge in [-0.1, -0.05) is 44.9 Å². The van der Waals surface area contributed by atoms with Crippen molar-refractivity contribution in [3.05, 3.63) is 29.2 Å². The Morgan fingerprint density at radius 3 is 2.42 bits per heavy atom. The van der Waals surface area contributed by atoms with Gasteiger partial charge in [-0.2, -0.15) is 4.98 Å². The lowest BCUT2D eigenvalue weighted by atomic mass is 9.97. The quantitative estimate of drug-likeness (QED) is 0.639. The van der Waals surface area contributed by atoms with Crippen LogP contribution in [0, 0.1) is 0 Å². The molecule has 0 saturated carbocycles. The smallest absolute Gasteiger partial charge is 0.232 e. The fourth-order valence-corrected chi connectivity index (χ4v) is 1.87. The van der Waals surface area contributed by atoms with E-state index in [1.54, 1.807) is 7.05 Å². The maximum atomic E-state index is 5.29. The maximum absolute atomic E-state index is 5.29. The second-order valence-electron chi connectivity index (χ2n) is 6.92. The van der Waals surface area contributed by atoms with Crippen molar-refractivity contribution in [2.45, 2.75) is 59.0 Å². The molecule has 2 N–H and O–H groups in total. The minimum atomic E-state index is -0.161. The van der Waals surface area contributed by atoms with Gasteiger partial charge >= 0.3 is 0 Å². The average molecular weight is 334 g/mol. The molecule has 8 nitrogen and oxygen atoms in total. The van der Waals surface area contributed by atoms with E-state index < -0.39 is 0 Å². The molecule has 0 aliphatic carbocycles. The molecule has 0 atom stereocenters. The van der Waals surface area contributed by atoms with Gasteiger partial charge in [-0.25, -0.2) is 0 Å². The predicted molar refractivity (Wildman–Crippen MR) is 90.6 cm³/mol. The van der Waals surface area contributed by atoms with E-state index in [1.165, 1.54) is 0 Å². The summed E-state index contributed by atoms with van der Waals surface area (Å²) in [6.07, 6.45) is 0. The van der Waals surface area contributed by atoms with Crippen molar-refractivity contribution in [1.82, 2.24) is 25.9 Å². The van der Waals surface area contributed by atoms with Gasteiger partial charge in [0.05, 0.1) is 18.8 Å². The fraction of sp³-hybridized carbons (Fsp3) is 0.625. The molecule has 2 aromatic rings. The van der Waals surface area contributed by atoms with Gasteiger partial charge in [0, 0.05) is 18.5 Å². The van der Waals surface area contributed by atoms with E-state index in [0.717, 1.165) is 11.5 Å². The minimum absolute atomic E-state index is 0.161. The molecule has 2 heterocycles. The van der Waals surface area contributed by atoms with Gasteiger partial charge in [0.1, 0.15) is 0 Å². The lowest BCUT2D eigenvalue weighted by Gasteiger charge is -2.10. The maximum Gasteiger partial charge on any atom is 0.232 e. The van der Waals surface area contributed by atoms with E-state index >= 15 is 0 Å². The second-order valence-corrected chi connectivity index (χ2v) is 6.92. The zero-order valence-electron chi connectivity index (χ0n) is 15.2. The Labute approximate surface area is 142 Å². The molecule has 0 aliphatic rings. The van der Waals surface area contributed by atoms with E-state index in [1.807, 2.05) is 26.8 Å². The molecule has 2 aromatic heterocycles. The first-order chi connectivity index (χ1) is 11.3. The lowest BCUT2D eigenvalue weighted by Crippen LogP contribution is -2.36. The number of rotatable bonds is 5. The number of nitrogens with one attached hydrogen (secondary N) is 2. The van der Waals surface area contributed by atoms with Crippen molar-refractivity contribution in [1.29, 1.82) is 0 Å². The monoisotopic (exact) mass is 334 g/mol. The van der Waals surface area contributed by atoms with E-state index in [0.29, 0.717) is 36.7 Å². The van der Waals surface area contributed by atoms with E-state index in [9.17, 15) is 0 Å². The summed E-state index contributed by atoms with van der Waals surface area (Å²) in [5.74, 6) is 2.93. The van der Waals surface area contributed by atoms with Crippen LogP contribution in [-0.4, -0.2) is 28.3 Å². The number of guanidine groups is 1.